The van der Waals surface area contributed by atoms with Crippen LogP contribution in [-0.2, 0) is 10.8 Å². The molecule has 1 aromatic heterocycles. The zero-order chi connectivity index (χ0) is 20.1. The van der Waals surface area contributed by atoms with Crippen molar-refractivity contribution in [1.29, 1.82) is 0 Å². The molecular weight excluding hydrogens is 338 g/mol. The summed E-state index contributed by atoms with van der Waals surface area (Å²) in [6.07, 6.45) is 1.95. The molecule has 0 saturated carbocycles. The van der Waals surface area contributed by atoms with Crippen molar-refractivity contribution in [2.45, 2.75) is 52.4 Å². The van der Waals surface area contributed by atoms with Crippen molar-refractivity contribution >= 4 is 21.5 Å². The van der Waals surface area contributed by atoms with E-state index in [2.05, 4.69) is 102 Å². The lowest BCUT2D eigenvalue weighted by Crippen LogP contribution is -2.16. The van der Waals surface area contributed by atoms with Crippen LogP contribution in [0.25, 0.3) is 32.8 Å². The Hall–Kier alpha value is -2.67. The number of rotatable bonds is 1. The van der Waals surface area contributed by atoms with Crippen molar-refractivity contribution in [3.8, 4) is 11.3 Å². The Morgan fingerprint density at radius 1 is 0.607 bits per heavy atom. The van der Waals surface area contributed by atoms with Crippen LogP contribution in [0.2, 0.25) is 0 Å². The molecule has 0 saturated heterocycles. The van der Waals surface area contributed by atoms with Gasteiger partial charge in [-0.05, 0) is 56.3 Å². The Labute approximate surface area is 168 Å². The summed E-state index contributed by atoms with van der Waals surface area (Å²) in [5, 5.41) is 5.03. The Balaban J connectivity index is 2.04. The van der Waals surface area contributed by atoms with Crippen LogP contribution in [0.3, 0.4) is 0 Å². The molecule has 0 unspecified atom stereocenters. The Kier molecular flexibility index (Phi) is 4.30. The third-order valence-electron chi connectivity index (χ3n) is 5.61. The first-order valence-electron chi connectivity index (χ1n) is 10.1. The molecule has 0 fully saturated rings. The van der Waals surface area contributed by atoms with Gasteiger partial charge < -0.3 is 0 Å². The molecule has 0 aliphatic rings. The maximum Gasteiger partial charge on any atom is 0.0780 e. The van der Waals surface area contributed by atoms with E-state index in [-0.39, 0.29) is 10.8 Å². The smallest absolute Gasteiger partial charge is 0.0780 e. The van der Waals surface area contributed by atoms with E-state index >= 15 is 0 Å². The second-order valence-corrected chi connectivity index (χ2v) is 9.84. The van der Waals surface area contributed by atoms with Gasteiger partial charge in [0.1, 0.15) is 0 Å². The van der Waals surface area contributed by atoms with Crippen LogP contribution in [0, 0.1) is 0 Å². The van der Waals surface area contributed by atoms with Crippen molar-refractivity contribution < 1.29 is 0 Å². The minimum absolute atomic E-state index is 0.0906. The van der Waals surface area contributed by atoms with E-state index in [1.54, 1.807) is 0 Å². The zero-order valence-electron chi connectivity index (χ0n) is 17.8. The van der Waals surface area contributed by atoms with Crippen LogP contribution in [0.4, 0.5) is 0 Å². The molecule has 0 radical (unpaired) electrons. The van der Waals surface area contributed by atoms with Gasteiger partial charge in [-0.1, -0.05) is 84.0 Å². The summed E-state index contributed by atoms with van der Waals surface area (Å²) < 4.78 is 0. The highest BCUT2D eigenvalue weighted by Crippen LogP contribution is 2.36. The number of nitrogens with zero attached hydrogens (tertiary/aromatic N) is 1. The monoisotopic (exact) mass is 367 g/mol. The quantitative estimate of drug-likeness (QED) is 0.315. The largest absolute Gasteiger partial charge is 0.256 e. The molecule has 0 amide bonds. The SMILES string of the molecule is CC(C)(C)c1cc(-c2nccc3c2ccc2ccccc23)cc(C(C)(C)C)c1. The molecule has 0 bridgehead atoms. The van der Waals surface area contributed by atoms with Crippen molar-refractivity contribution in [3.05, 3.63) is 78.0 Å². The van der Waals surface area contributed by atoms with Gasteiger partial charge in [0.2, 0.25) is 0 Å². The van der Waals surface area contributed by atoms with E-state index in [4.69, 9.17) is 4.98 Å². The maximum atomic E-state index is 4.83. The first-order chi connectivity index (χ1) is 13.1. The second kappa shape index (κ2) is 6.44. The van der Waals surface area contributed by atoms with Gasteiger partial charge in [-0.25, -0.2) is 0 Å². The van der Waals surface area contributed by atoms with Gasteiger partial charge in [0.25, 0.3) is 0 Å². The molecular formula is C27H29N. The number of benzene rings is 3. The van der Waals surface area contributed by atoms with Gasteiger partial charge in [0, 0.05) is 17.1 Å². The molecule has 0 N–H and O–H groups in total. The highest BCUT2D eigenvalue weighted by molar-refractivity contribution is 6.11. The van der Waals surface area contributed by atoms with Gasteiger partial charge in [-0.15, -0.1) is 0 Å². The fourth-order valence-electron chi connectivity index (χ4n) is 3.80. The highest BCUT2D eigenvalue weighted by Gasteiger charge is 2.21. The lowest BCUT2D eigenvalue weighted by atomic mass is 9.79. The first-order valence-corrected chi connectivity index (χ1v) is 10.1. The topological polar surface area (TPSA) is 12.9 Å². The van der Waals surface area contributed by atoms with Gasteiger partial charge >= 0.3 is 0 Å². The summed E-state index contributed by atoms with van der Waals surface area (Å²) in [5.41, 5.74) is 5.17. The summed E-state index contributed by atoms with van der Waals surface area (Å²) in [5.74, 6) is 0. The minimum atomic E-state index is 0.0906. The van der Waals surface area contributed by atoms with E-state index in [1.165, 1.54) is 38.2 Å². The first kappa shape index (κ1) is 18.7. The zero-order valence-corrected chi connectivity index (χ0v) is 17.8. The van der Waals surface area contributed by atoms with E-state index < -0.39 is 0 Å². The molecule has 28 heavy (non-hydrogen) atoms. The van der Waals surface area contributed by atoms with Crippen LogP contribution in [0.15, 0.2) is 66.9 Å². The Bertz CT molecular complexity index is 1140. The molecule has 0 atom stereocenters. The number of hydrogen-bond acceptors (Lipinski definition) is 1. The van der Waals surface area contributed by atoms with Crippen LogP contribution < -0.4 is 0 Å². The summed E-state index contributed by atoms with van der Waals surface area (Å²) in [7, 11) is 0. The molecule has 0 aliphatic carbocycles. The Morgan fingerprint density at radius 3 is 1.89 bits per heavy atom. The fourth-order valence-corrected chi connectivity index (χ4v) is 3.80. The number of fused-ring (bicyclic) bond motifs is 3. The maximum absolute atomic E-state index is 4.83. The standard InChI is InChI=1S/C27H29N/c1-26(2,3)20-15-19(16-21(17-20)27(4,5)6)25-24-12-11-18-9-7-8-10-22(18)23(24)13-14-28-25/h7-17H,1-6H3. The summed E-state index contributed by atoms with van der Waals surface area (Å²) in [6.45, 7) is 13.7. The van der Waals surface area contributed by atoms with Gasteiger partial charge in [0.05, 0.1) is 5.69 Å². The molecule has 1 nitrogen and oxygen atoms in total. The van der Waals surface area contributed by atoms with Crippen LogP contribution in [-0.4, -0.2) is 4.98 Å². The van der Waals surface area contributed by atoms with E-state index in [0.717, 1.165) is 5.69 Å². The van der Waals surface area contributed by atoms with E-state index in [0.29, 0.717) is 0 Å². The highest BCUT2D eigenvalue weighted by atomic mass is 14.7. The molecule has 3 aromatic carbocycles. The molecule has 4 rings (SSSR count). The minimum Gasteiger partial charge on any atom is -0.256 e. The fraction of sp³-hybridized carbons (Fsp3) is 0.296. The van der Waals surface area contributed by atoms with E-state index in [1.807, 2.05) is 6.20 Å². The molecule has 4 aromatic rings. The third-order valence-corrected chi connectivity index (χ3v) is 5.61. The van der Waals surface area contributed by atoms with Gasteiger partial charge in [-0.2, -0.15) is 0 Å². The van der Waals surface area contributed by atoms with E-state index in [9.17, 15) is 0 Å². The second-order valence-electron chi connectivity index (χ2n) is 9.84. The average Bonchev–Trinajstić information content (AvgIpc) is 2.65. The Morgan fingerprint density at radius 2 is 1.25 bits per heavy atom. The summed E-state index contributed by atoms with van der Waals surface area (Å²) >= 11 is 0. The predicted molar refractivity (Wildman–Crippen MR) is 122 cm³/mol. The number of pyridine rings is 1. The van der Waals surface area contributed by atoms with Crippen molar-refractivity contribution in [1.82, 2.24) is 4.98 Å². The van der Waals surface area contributed by atoms with Crippen LogP contribution in [0.1, 0.15) is 52.7 Å². The van der Waals surface area contributed by atoms with Crippen LogP contribution >= 0.6 is 0 Å². The molecule has 142 valence electrons. The lowest BCUT2D eigenvalue weighted by molar-refractivity contribution is 0.569. The van der Waals surface area contributed by atoms with Crippen molar-refractivity contribution in [3.63, 3.8) is 0 Å². The average molecular weight is 368 g/mol. The summed E-state index contributed by atoms with van der Waals surface area (Å²) in [4.78, 5) is 4.83. The van der Waals surface area contributed by atoms with Gasteiger partial charge in [0.15, 0.2) is 0 Å². The third kappa shape index (κ3) is 3.30. The number of hydrogen-bond donors (Lipinski definition) is 0. The van der Waals surface area contributed by atoms with Gasteiger partial charge in [-0.3, -0.25) is 4.98 Å². The molecule has 1 heterocycles. The molecule has 0 spiro atoms. The lowest BCUT2D eigenvalue weighted by Gasteiger charge is -2.26. The normalized spacial score (nSPS) is 12.6. The van der Waals surface area contributed by atoms with Crippen molar-refractivity contribution in [2.75, 3.05) is 0 Å². The van der Waals surface area contributed by atoms with Crippen molar-refractivity contribution in [2.24, 2.45) is 0 Å². The van der Waals surface area contributed by atoms with Crippen LogP contribution in [0.5, 0.6) is 0 Å². The predicted octanol–water partition coefficient (Wildman–Crippen LogP) is 7.65. The summed E-state index contributed by atoms with van der Waals surface area (Å²) in [6, 6.07) is 22.2. The molecule has 1 heteroatoms. The number of aromatic nitrogens is 1. The molecule has 0 aliphatic heterocycles.